The van der Waals surface area contributed by atoms with E-state index in [4.69, 9.17) is 10.2 Å². The van der Waals surface area contributed by atoms with E-state index in [2.05, 4.69) is 0 Å². The third-order valence-corrected chi connectivity index (χ3v) is 2.06. The van der Waals surface area contributed by atoms with E-state index in [1.165, 1.54) is 0 Å². The Morgan fingerprint density at radius 2 is 2.45 bits per heavy atom. The Morgan fingerprint density at radius 3 is 3.00 bits per heavy atom. The van der Waals surface area contributed by atoms with Gasteiger partial charge in [0.2, 0.25) is 0 Å². The third-order valence-electron chi connectivity index (χ3n) is 1.39. The SMILES string of the molecule is CS(=O)Cc1occc1CN. The highest BCUT2D eigenvalue weighted by molar-refractivity contribution is 7.83. The van der Waals surface area contributed by atoms with Crippen LogP contribution in [0, 0.1) is 0 Å². The van der Waals surface area contributed by atoms with Gasteiger partial charge in [0.1, 0.15) is 5.76 Å². The normalized spacial score (nSPS) is 13.3. The van der Waals surface area contributed by atoms with Gasteiger partial charge in [-0.25, -0.2) is 0 Å². The van der Waals surface area contributed by atoms with Crippen LogP contribution in [0.1, 0.15) is 11.3 Å². The summed E-state index contributed by atoms with van der Waals surface area (Å²) in [6.45, 7) is 0.447. The maximum Gasteiger partial charge on any atom is 0.120 e. The van der Waals surface area contributed by atoms with Gasteiger partial charge in [-0.3, -0.25) is 4.21 Å². The lowest BCUT2D eigenvalue weighted by molar-refractivity contribution is 0.523. The Morgan fingerprint density at radius 1 is 1.73 bits per heavy atom. The van der Waals surface area contributed by atoms with Crippen molar-refractivity contribution in [1.29, 1.82) is 0 Å². The number of hydrogen-bond acceptors (Lipinski definition) is 3. The number of nitrogens with two attached hydrogens (primary N) is 1. The molecular formula is C7H11NO2S. The molecule has 0 bridgehead atoms. The van der Waals surface area contributed by atoms with Gasteiger partial charge >= 0.3 is 0 Å². The molecule has 1 rings (SSSR count). The molecule has 0 aliphatic carbocycles. The van der Waals surface area contributed by atoms with Crippen LogP contribution < -0.4 is 5.73 Å². The summed E-state index contributed by atoms with van der Waals surface area (Å²) >= 11 is 0. The molecule has 0 amide bonds. The molecule has 4 heteroatoms. The first-order valence-corrected chi connectivity index (χ1v) is 5.02. The average Bonchev–Trinajstić information content (AvgIpc) is 2.34. The zero-order chi connectivity index (χ0) is 8.27. The molecule has 0 aliphatic rings. The zero-order valence-electron chi connectivity index (χ0n) is 6.37. The molecule has 0 saturated carbocycles. The molecule has 1 aromatic heterocycles. The Hall–Kier alpha value is -0.610. The van der Waals surface area contributed by atoms with Gasteiger partial charge in [0, 0.05) is 29.2 Å². The maximum absolute atomic E-state index is 10.8. The molecule has 1 atom stereocenters. The molecule has 11 heavy (non-hydrogen) atoms. The van der Waals surface area contributed by atoms with E-state index in [1.54, 1.807) is 12.5 Å². The molecule has 0 aliphatic heterocycles. The fraction of sp³-hybridized carbons (Fsp3) is 0.429. The molecule has 3 nitrogen and oxygen atoms in total. The summed E-state index contributed by atoms with van der Waals surface area (Å²) in [5, 5.41) is 0. The van der Waals surface area contributed by atoms with Crippen molar-refractivity contribution < 1.29 is 8.63 Å². The highest BCUT2D eigenvalue weighted by Crippen LogP contribution is 2.11. The summed E-state index contributed by atoms with van der Waals surface area (Å²) in [6.07, 6.45) is 3.22. The molecular weight excluding hydrogens is 162 g/mol. The topological polar surface area (TPSA) is 56.2 Å². The van der Waals surface area contributed by atoms with Gasteiger partial charge in [-0.15, -0.1) is 0 Å². The molecule has 1 unspecified atom stereocenters. The van der Waals surface area contributed by atoms with Crippen molar-refractivity contribution in [2.45, 2.75) is 12.3 Å². The summed E-state index contributed by atoms with van der Waals surface area (Å²) in [7, 11) is -0.856. The van der Waals surface area contributed by atoms with E-state index in [0.717, 1.165) is 11.3 Å². The van der Waals surface area contributed by atoms with Crippen LogP contribution in [-0.4, -0.2) is 10.5 Å². The summed E-state index contributed by atoms with van der Waals surface area (Å²) in [4.78, 5) is 0. The molecule has 0 aromatic carbocycles. The van der Waals surface area contributed by atoms with Crippen LogP contribution in [0.25, 0.3) is 0 Å². The van der Waals surface area contributed by atoms with Gasteiger partial charge < -0.3 is 10.2 Å². The quantitative estimate of drug-likeness (QED) is 0.728. The molecule has 1 heterocycles. The van der Waals surface area contributed by atoms with Crippen LogP contribution >= 0.6 is 0 Å². The first-order valence-electron chi connectivity index (χ1n) is 3.29. The van der Waals surface area contributed by atoms with Gasteiger partial charge in [-0.1, -0.05) is 0 Å². The monoisotopic (exact) mass is 173 g/mol. The minimum absolute atomic E-state index is 0.447. The highest BCUT2D eigenvalue weighted by atomic mass is 32.2. The summed E-state index contributed by atoms with van der Waals surface area (Å²) in [5.41, 5.74) is 6.36. The fourth-order valence-electron chi connectivity index (χ4n) is 0.860. The van der Waals surface area contributed by atoms with Crippen molar-refractivity contribution in [2.75, 3.05) is 6.26 Å². The van der Waals surface area contributed by atoms with Crippen LogP contribution in [0.3, 0.4) is 0 Å². The van der Waals surface area contributed by atoms with Crippen LogP contribution in [0.2, 0.25) is 0 Å². The number of hydrogen-bond donors (Lipinski definition) is 1. The Bertz CT molecular complexity index is 257. The van der Waals surface area contributed by atoms with Crippen molar-refractivity contribution in [3.8, 4) is 0 Å². The minimum Gasteiger partial charge on any atom is -0.468 e. The van der Waals surface area contributed by atoms with Crippen LogP contribution in [0.15, 0.2) is 16.7 Å². The predicted octanol–water partition coefficient (Wildman–Crippen LogP) is 0.617. The molecule has 62 valence electrons. The molecule has 2 N–H and O–H groups in total. The van der Waals surface area contributed by atoms with E-state index in [-0.39, 0.29) is 0 Å². The van der Waals surface area contributed by atoms with Crippen molar-refractivity contribution in [3.05, 3.63) is 23.7 Å². The second kappa shape index (κ2) is 3.69. The lowest BCUT2D eigenvalue weighted by atomic mass is 10.3. The zero-order valence-corrected chi connectivity index (χ0v) is 7.19. The van der Waals surface area contributed by atoms with Gasteiger partial charge in [0.05, 0.1) is 12.0 Å². The Balaban J connectivity index is 2.76. The average molecular weight is 173 g/mol. The van der Waals surface area contributed by atoms with Gasteiger partial charge in [0.25, 0.3) is 0 Å². The minimum atomic E-state index is -0.856. The maximum atomic E-state index is 10.8. The van der Waals surface area contributed by atoms with Crippen LogP contribution in [0.4, 0.5) is 0 Å². The first kappa shape index (κ1) is 8.49. The lowest BCUT2D eigenvalue weighted by Crippen LogP contribution is -2.00. The second-order valence-corrected chi connectivity index (χ2v) is 3.73. The molecule has 0 radical (unpaired) electrons. The second-order valence-electron chi connectivity index (χ2n) is 2.29. The predicted molar refractivity (Wildman–Crippen MR) is 44.4 cm³/mol. The first-order chi connectivity index (χ1) is 5.24. The van der Waals surface area contributed by atoms with E-state index in [0.29, 0.717) is 12.3 Å². The molecule has 1 aromatic rings. The van der Waals surface area contributed by atoms with E-state index in [9.17, 15) is 4.21 Å². The smallest absolute Gasteiger partial charge is 0.120 e. The molecule has 0 saturated heterocycles. The highest BCUT2D eigenvalue weighted by Gasteiger charge is 2.05. The van der Waals surface area contributed by atoms with E-state index >= 15 is 0 Å². The summed E-state index contributed by atoms with van der Waals surface area (Å²) in [6, 6.07) is 1.81. The van der Waals surface area contributed by atoms with E-state index in [1.807, 2.05) is 6.07 Å². The van der Waals surface area contributed by atoms with E-state index < -0.39 is 10.8 Å². The van der Waals surface area contributed by atoms with Crippen LogP contribution in [-0.2, 0) is 23.1 Å². The summed E-state index contributed by atoms with van der Waals surface area (Å²) < 4.78 is 15.9. The van der Waals surface area contributed by atoms with Crippen molar-refractivity contribution in [2.24, 2.45) is 5.73 Å². The number of rotatable bonds is 3. The van der Waals surface area contributed by atoms with Gasteiger partial charge in [-0.05, 0) is 6.07 Å². The molecule has 0 fully saturated rings. The van der Waals surface area contributed by atoms with Gasteiger partial charge in [-0.2, -0.15) is 0 Å². The Kier molecular flexibility index (Phi) is 2.84. The largest absolute Gasteiger partial charge is 0.468 e. The summed E-state index contributed by atoms with van der Waals surface area (Å²) in [5.74, 6) is 1.20. The standard InChI is InChI=1S/C7H11NO2S/c1-11(9)5-7-6(4-8)2-3-10-7/h2-3H,4-5,8H2,1H3. The van der Waals surface area contributed by atoms with Crippen LogP contribution in [0.5, 0.6) is 0 Å². The van der Waals surface area contributed by atoms with Crippen molar-refractivity contribution >= 4 is 10.8 Å². The Labute approximate surface area is 68.0 Å². The number of furan rings is 1. The fourth-order valence-corrected chi connectivity index (χ4v) is 1.48. The lowest BCUT2D eigenvalue weighted by Gasteiger charge is -1.95. The molecule has 0 spiro atoms. The van der Waals surface area contributed by atoms with Gasteiger partial charge in [0.15, 0.2) is 0 Å². The van der Waals surface area contributed by atoms with Crippen molar-refractivity contribution in [1.82, 2.24) is 0 Å². The third kappa shape index (κ3) is 2.17. The van der Waals surface area contributed by atoms with Crippen molar-refractivity contribution in [3.63, 3.8) is 0 Å².